The van der Waals surface area contributed by atoms with Gasteiger partial charge in [-0.05, 0) is 41.3 Å². The molecule has 1 N–H and O–H groups in total. The topological polar surface area (TPSA) is 120 Å². The summed E-state index contributed by atoms with van der Waals surface area (Å²) in [5.41, 5.74) is 3.38. The Labute approximate surface area is 175 Å². The molecule has 0 unspecified atom stereocenters. The first-order valence-electron chi connectivity index (χ1n) is 8.60. The second-order valence-corrected chi connectivity index (χ2v) is 6.86. The molecule has 152 valence electrons. The first kappa shape index (κ1) is 20.7. The number of nitro benzene ring substituents is 2. The number of ether oxygens (including phenoxy) is 1. The summed E-state index contributed by atoms with van der Waals surface area (Å²) >= 11 is 1.46. The van der Waals surface area contributed by atoms with Gasteiger partial charge in [0.05, 0.1) is 27.9 Å². The number of thiophene rings is 1. The second-order valence-electron chi connectivity index (χ2n) is 5.91. The number of methoxy groups -OCH3 is 1. The minimum absolute atomic E-state index is 0.0532. The van der Waals surface area contributed by atoms with E-state index in [0.717, 1.165) is 22.3 Å². The average molecular weight is 424 g/mol. The Morgan fingerprint density at radius 3 is 2.47 bits per heavy atom. The van der Waals surface area contributed by atoms with E-state index in [1.54, 1.807) is 13.2 Å². The summed E-state index contributed by atoms with van der Waals surface area (Å²) in [6.45, 7) is 0. The maximum atomic E-state index is 11.3. The summed E-state index contributed by atoms with van der Waals surface area (Å²) in [6.07, 6.45) is 3.63. The summed E-state index contributed by atoms with van der Waals surface area (Å²) in [4.78, 5) is 21.7. The van der Waals surface area contributed by atoms with Crippen molar-refractivity contribution in [1.29, 1.82) is 0 Å². The molecule has 0 aliphatic rings. The Hall–Kier alpha value is -4.05. The van der Waals surface area contributed by atoms with Gasteiger partial charge in [-0.2, -0.15) is 5.10 Å². The number of hydrogen-bond acceptors (Lipinski definition) is 8. The van der Waals surface area contributed by atoms with Crippen LogP contribution >= 0.6 is 11.3 Å². The van der Waals surface area contributed by atoms with Crippen LogP contribution in [0.2, 0.25) is 0 Å². The number of rotatable bonds is 8. The van der Waals surface area contributed by atoms with Crippen molar-refractivity contribution in [3.8, 4) is 5.75 Å². The molecule has 9 nitrogen and oxygen atoms in total. The van der Waals surface area contributed by atoms with Gasteiger partial charge in [-0.25, -0.2) is 0 Å². The zero-order valence-electron chi connectivity index (χ0n) is 15.7. The molecule has 3 aromatic rings. The van der Waals surface area contributed by atoms with E-state index in [1.165, 1.54) is 23.5 Å². The molecule has 0 radical (unpaired) electrons. The van der Waals surface area contributed by atoms with E-state index in [9.17, 15) is 20.2 Å². The molecular weight excluding hydrogens is 408 g/mol. The Morgan fingerprint density at radius 1 is 1.10 bits per heavy atom. The van der Waals surface area contributed by atoms with Crippen LogP contribution in [0.4, 0.5) is 17.1 Å². The van der Waals surface area contributed by atoms with Crippen molar-refractivity contribution in [2.24, 2.45) is 5.10 Å². The fourth-order valence-electron chi connectivity index (χ4n) is 2.49. The van der Waals surface area contributed by atoms with Crippen LogP contribution in [-0.2, 0) is 0 Å². The molecule has 0 saturated carbocycles. The SMILES string of the molecule is COc1ccc(/C=C/C(=N/Nc2ccc([N+](=O)[O-])cc2[N+](=O)[O-])c2cccs2)cc1. The lowest BCUT2D eigenvalue weighted by Crippen LogP contribution is -2.02. The van der Waals surface area contributed by atoms with Gasteiger partial charge < -0.3 is 4.74 Å². The number of nitro groups is 2. The van der Waals surface area contributed by atoms with Crippen molar-refractivity contribution >= 4 is 40.2 Å². The van der Waals surface area contributed by atoms with Crippen molar-refractivity contribution in [1.82, 2.24) is 0 Å². The summed E-state index contributed by atoms with van der Waals surface area (Å²) < 4.78 is 5.14. The molecule has 0 bridgehead atoms. The van der Waals surface area contributed by atoms with E-state index in [1.807, 2.05) is 47.9 Å². The normalized spacial score (nSPS) is 11.4. The number of nitrogens with one attached hydrogen (secondary N) is 1. The smallest absolute Gasteiger partial charge is 0.301 e. The first-order chi connectivity index (χ1) is 14.5. The van der Waals surface area contributed by atoms with Gasteiger partial charge in [0.25, 0.3) is 5.69 Å². The fourth-order valence-corrected chi connectivity index (χ4v) is 3.18. The highest BCUT2D eigenvalue weighted by molar-refractivity contribution is 7.12. The Morgan fingerprint density at radius 2 is 1.87 bits per heavy atom. The number of hydrazone groups is 1. The first-order valence-corrected chi connectivity index (χ1v) is 9.48. The largest absolute Gasteiger partial charge is 0.497 e. The molecule has 0 atom stereocenters. The molecule has 0 aliphatic carbocycles. The Balaban J connectivity index is 1.90. The van der Waals surface area contributed by atoms with Crippen molar-refractivity contribution < 1.29 is 14.6 Å². The van der Waals surface area contributed by atoms with Crippen molar-refractivity contribution in [3.63, 3.8) is 0 Å². The van der Waals surface area contributed by atoms with E-state index in [4.69, 9.17) is 4.74 Å². The van der Waals surface area contributed by atoms with Crippen LogP contribution in [0.3, 0.4) is 0 Å². The van der Waals surface area contributed by atoms with Gasteiger partial charge in [0.15, 0.2) is 0 Å². The van der Waals surface area contributed by atoms with E-state index >= 15 is 0 Å². The number of hydrogen-bond donors (Lipinski definition) is 1. The lowest BCUT2D eigenvalue weighted by molar-refractivity contribution is -0.393. The average Bonchev–Trinajstić information content (AvgIpc) is 3.28. The molecule has 3 rings (SSSR count). The number of anilines is 1. The molecular formula is C20H16N4O5S. The minimum atomic E-state index is -0.692. The van der Waals surface area contributed by atoms with Crippen molar-refractivity contribution in [2.75, 3.05) is 12.5 Å². The van der Waals surface area contributed by atoms with Gasteiger partial charge in [0.1, 0.15) is 17.1 Å². The van der Waals surface area contributed by atoms with E-state index in [0.29, 0.717) is 5.71 Å². The van der Waals surface area contributed by atoms with E-state index < -0.39 is 15.5 Å². The van der Waals surface area contributed by atoms with Gasteiger partial charge in [0.2, 0.25) is 0 Å². The van der Waals surface area contributed by atoms with Gasteiger partial charge in [-0.3, -0.25) is 25.7 Å². The lowest BCUT2D eigenvalue weighted by atomic mass is 10.1. The number of non-ortho nitro benzene ring substituents is 1. The molecule has 0 spiro atoms. The second kappa shape index (κ2) is 9.43. The van der Waals surface area contributed by atoms with Gasteiger partial charge >= 0.3 is 5.69 Å². The van der Waals surface area contributed by atoms with E-state index in [-0.39, 0.29) is 11.4 Å². The highest BCUT2D eigenvalue weighted by Gasteiger charge is 2.19. The maximum Gasteiger partial charge on any atom is 0.301 e. The zero-order valence-corrected chi connectivity index (χ0v) is 16.5. The van der Waals surface area contributed by atoms with Gasteiger partial charge in [-0.1, -0.05) is 24.3 Å². The highest BCUT2D eigenvalue weighted by atomic mass is 32.1. The maximum absolute atomic E-state index is 11.3. The fraction of sp³-hybridized carbons (Fsp3) is 0.0500. The van der Waals surface area contributed by atoms with Gasteiger partial charge in [0, 0.05) is 6.07 Å². The summed E-state index contributed by atoms with van der Waals surface area (Å²) in [5.74, 6) is 0.742. The standard InChI is InChI=1S/C20H16N4O5S/c1-29-16-8-4-14(5-9-16)6-10-18(20-3-2-12-30-20)22-21-17-11-7-15(23(25)26)13-19(17)24(27)28/h2-13,21H,1H3/b10-6+,22-18-. The monoisotopic (exact) mass is 424 g/mol. The third-order valence-electron chi connectivity index (χ3n) is 4.01. The zero-order chi connectivity index (χ0) is 21.5. The quantitative estimate of drug-likeness (QED) is 0.305. The van der Waals surface area contributed by atoms with Crippen LogP contribution < -0.4 is 10.2 Å². The molecule has 1 heterocycles. The summed E-state index contributed by atoms with van der Waals surface area (Å²) in [7, 11) is 1.59. The molecule has 2 aromatic carbocycles. The Kier molecular flexibility index (Phi) is 6.50. The predicted octanol–water partition coefficient (Wildman–Crippen LogP) is 5.10. The molecule has 1 aromatic heterocycles. The molecule has 10 heteroatoms. The molecule has 0 fully saturated rings. The molecule has 0 saturated heterocycles. The third-order valence-corrected chi connectivity index (χ3v) is 4.90. The predicted molar refractivity (Wildman–Crippen MR) is 116 cm³/mol. The summed E-state index contributed by atoms with van der Waals surface area (Å²) in [6, 6.07) is 14.5. The third kappa shape index (κ3) is 5.06. The number of allylic oxidation sites excluding steroid dienone is 1. The van der Waals surface area contributed by atoms with E-state index in [2.05, 4.69) is 10.5 Å². The van der Waals surface area contributed by atoms with Crippen molar-refractivity contribution in [2.45, 2.75) is 0 Å². The lowest BCUT2D eigenvalue weighted by Gasteiger charge is -2.04. The van der Waals surface area contributed by atoms with Crippen LogP contribution in [-0.4, -0.2) is 22.7 Å². The number of nitrogens with zero attached hydrogens (tertiary/aromatic N) is 3. The van der Waals surface area contributed by atoms with Crippen LogP contribution in [0.1, 0.15) is 10.4 Å². The van der Waals surface area contributed by atoms with Gasteiger partial charge in [-0.15, -0.1) is 11.3 Å². The van der Waals surface area contributed by atoms with Crippen molar-refractivity contribution in [3.05, 3.63) is 96.7 Å². The highest BCUT2D eigenvalue weighted by Crippen LogP contribution is 2.29. The van der Waals surface area contributed by atoms with Crippen LogP contribution in [0, 0.1) is 20.2 Å². The van der Waals surface area contributed by atoms with Crippen LogP contribution in [0.25, 0.3) is 6.08 Å². The molecule has 30 heavy (non-hydrogen) atoms. The summed E-state index contributed by atoms with van der Waals surface area (Å²) in [5, 5.41) is 28.4. The van der Waals surface area contributed by atoms with Crippen LogP contribution in [0.5, 0.6) is 5.75 Å². The number of benzene rings is 2. The van der Waals surface area contributed by atoms with Crippen LogP contribution in [0.15, 0.2) is 71.2 Å². The minimum Gasteiger partial charge on any atom is -0.497 e. The molecule has 0 aliphatic heterocycles. The Bertz CT molecular complexity index is 1110. The molecule has 0 amide bonds.